The van der Waals surface area contributed by atoms with Crippen molar-refractivity contribution in [3.63, 3.8) is 0 Å². The molecule has 1 aromatic heterocycles. The van der Waals surface area contributed by atoms with Crippen molar-refractivity contribution in [1.82, 2.24) is 10.3 Å². The monoisotopic (exact) mass is 278 g/mol. The van der Waals surface area contributed by atoms with Gasteiger partial charge in [0.2, 0.25) is 0 Å². The third-order valence-electron chi connectivity index (χ3n) is 5.26. The van der Waals surface area contributed by atoms with Crippen LogP contribution in [0.3, 0.4) is 0 Å². The van der Waals surface area contributed by atoms with Gasteiger partial charge in [-0.2, -0.15) is 0 Å². The van der Waals surface area contributed by atoms with Gasteiger partial charge in [0.15, 0.2) is 0 Å². The van der Waals surface area contributed by atoms with Crippen molar-refractivity contribution >= 4 is 11.3 Å². The van der Waals surface area contributed by atoms with E-state index in [2.05, 4.69) is 19.3 Å². The molecule has 0 saturated heterocycles. The minimum atomic E-state index is 0.179. The largest absolute Gasteiger partial charge is 0.308 e. The zero-order chi connectivity index (χ0) is 13.3. The molecule has 1 heterocycles. The number of rotatable bonds is 3. The van der Waals surface area contributed by atoms with Crippen molar-refractivity contribution in [3.8, 4) is 0 Å². The smallest absolute Gasteiger partial charge is 0.113 e. The first-order valence-corrected chi connectivity index (χ1v) is 8.77. The first-order valence-electron chi connectivity index (χ1n) is 7.95. The average molecular weight is 278 g/mol. The second kappa shape index (κ2) is 5.53. The van der Waals surface area contributed by atoms with E-state index in [0.717, 1.165) is 5.92 Å². The lowest BCUT2D eigenvalue weighted by Gasteiger charge is -2.30. The number of nitrogens with one attached hydrogen (secondary N) is 1. The van der Waals surface area contributed by atoms with Crippen LogP contribution in [0.25, 0.3) is 0 Å². The molecule has 2 aliphatic carbocycles. The molecule has 0 aromatic carbocycles. The van der Waals surface area contributed by atoms with Gasteiger partial charge in [0.25, 0.3) is 0 Å². The first-order chi connectivity index (χ1) is 9.27. The summed E-state index contributed by atoms with van der Waals surface area (Å²) in [5, 5.41) is 5.04. The predicted octanol–water partition coefficient (Wildman–Crippen LogP) is 4.04. The standard InChI is InChI=1S/C16H26N2S/c1-3-12-6-5-10-16(17-2,11-9-12)15-18-13-7-4-8-14(13)19-15/h12,17H,3-11H2,1-2H3. The van der Waals surface area contributed by atoms with Crippen LogP contribution >= 0.6 is 11.3 Å². The van der Waals surface area contributed by atoms with Crippen LogP contribution in [0.5, 0.6) is 0 Å². The minimum Gasteiger partial charge on any atom is -0.308 e. The molecule has 0 bridgehead atoms. The summed E-state index contributed by atoms with van der Waals surface area (Å²) in [5.41, 5.74) is 1.59. The van der Waals surface area contributed by atoms with Crippen LogP contribution in [0, 0.1) is 5.92 Å². The Hall–Kier alpha value is -0.410. The summed E-state index contributed by atoms with van der Waals surface area (Å²) in [6.07, 6.45) is 11.8. The summed E-state index contributed by atoms with van der Waals surface area (Å²) in [4.78, 5) is 6.58. The highest BCUT2D eigenvalue weighted by Crippen LogP contribution is 2.42. The van der Waals surface area contributed by atoms with Gasteiger partial charge in [-0.25, -0.2) is 4.98 Å². The van der Waals surface area contributed by atoms with E-state index in [0.29, 0.717) is 0 Å². The van der Waals surface area contributed by atoms with E-state index in [9.17, 15) is 0 Å². The fourth-order valence-corrected chi connectivity index (χ4v) is 5.19. The number of aryl methyl sites for hydroxylation is 2. The molecule has 1 fully saturated rings. The Balaban J connectivity index is 1.85. The lowest BCUT2D eigenvalue weighted by Crippen LogP contribution is -2.39. The van der Waals surface area contributed by atoms with Crippen molar-refractivity contribution < 1.29 is 0 Å². The molecule has 106 valence electrons. The van der Waals surface area contributed by atoms with Gasteiger partial charge in [0.1, 0.15) is 5.01 Å². The summed E-state index contributed by atoms with van der Waals surface area (Å²) in [6, 6.07) is 0. The maximum Gasteiger partial charge on any atom is 0.113 e. The van der Waals surface area contributed by atoms with Crippen molar-refractivity contribution in [1.29, 1.82) is 0 Å². The van der Waals surface area contributed by atoms with E-state index in [1.165, 1.54) is 68.5 Å². The molecular formula is C16H26N2S. The molecule has 0 radical (unpaired) electrons. The van der Waals surface area contributed by atoms with Gasteiger partial charge in [0.05, 0.1) is 11.2 Å². The maximum atomic E-state index is 5.01. The summed E-state index contributed by atoms with van der Waals surface area (Å²) in [6.45, 7) is 2.34. The molecule has 2 nitrogen and oxygen atoms in total. The Kier molecular flexibility index (Phi) is 3.95. The molecule has 2 unspecified atom stereocenters. The molecule has 1 saturated carbocycles. The number of aromatic nitrogens is 1. The van der Waals surface area contributed by atoms with Gasteiger partial charge >= 0.3 is 0 Å². The highest BCUT2D eigenvalue weighted by molar-refractivity contribution is 7.12. The lowest BCUT2D eigenvalue weighted by atomic mass is 9.90. The molecule has 1 aromatic rings. The number of nitrogens with zero attached hydrogens (tertiary/aromatic N) is 1. The average Bonchev–Trinajstić information content (AvgIpc) is 2.95. The molecule has 2 atom stereocenters. The van der Waals surface area contributed by atoms with Crippen LogP contribution in [0.2, 0.25) is 0 Å². The van der Waals surface area contributed by atoms with E-state index < -0.39 is 0 Å². The van der Waals surface area contributed by atoms with Gasteiger partial charge in [-0.1, -0.05) is 26.2 Å². The fraction of sp³-hybridized carbons (Fsp3) is 0.812. The third kappa shape index (κ3) is 2.47. The van der Waals surface area contributed by atoms with Gasteiger partial charge in [-0.3, -0.25) is 0 Å². The normalized spacial score (nSPS) is 31.2. The highest BCUT2D eigenvalue weighted by atomic mass is 32.1. The molecule has 3 heteroatoms. The molecular weight excluding hydrogens is 252 g/mol. The third-order valence-corrected chi connectivity index (χ3v) is 6.62. The number of fused-ring (bicyclic) bond motifs is 1. The van der Waals surface area contributed by atoms with Gasteiger partial charge < -0.3 is 5.32 Å². The zero-order valence-electron chi connectivity index (χ0n) is 12.3. The summed E-state index contributed by atoms with van der Waals surface area (Å²) in [5.74, 6) is 0.932. The van der Waals surface area contributed by atoms with Crippen LogP contribution in [0.15, 0.2) is 0 Å². The topological polar surface area (TPSA) is 24.9 Å². The van der Waals surface area contributed by atoms with Crippen LogP contribution in [0.4, 0.5) is 0 Å². The number of hydrogen-bond donors (Lipinski definition) is 1. The molecule has 0 amide bonds. The van der Waals surface area contributed by atoms with E-state index in [4.69, 9.17) is 4.98 Å². The molecule has 2 aliphatic rings. The minimum absolute atomic E-state index is 0.179. The van der Waals surface area contributed by atoms with Crippen molar-refractivity contribution in [2.24, 2.45) is 5.92 Å². The van der Waals surface area contributed by atoms with Gasteiger partial charge in [-0.05, 0) is 51.5 Å². The predicted molar refractivity (Wildman–Crippen MR) is 81.7 cm³/mol. The Labute approximate surface area is 121 Å². The summed E-state index contributed by atoms with van der Waals surface area (Å²) < 4.78 is 0. The van der Waals surface area contributed by atoms with Gasteiger partial charge in [0, 0.05) is 4.88 Å². The molecule has 19 heavy (non-hydrogen) atoms. The number of hydrogen-bond acceptors (Lipinski definition) is 3. The lowest BCUT2D eigenvalue weighted by molar-refractivity contribution is 0.305. The summed E-state index contributed by atoms with van der Waals surface area (Å²) >= 11 is 2.00. The molecule has 0 spiro atoms. The first kappa shape index (κ1) is 13.6. The van der Waals surface area contributed by atoms with Crippen LogP contribution in [-0.2, 0) is 18.4 Å². The molecule has 3 rings (SSSR count). The highest BCUT2D eigenvalue weighted by Gasteiger charge is 2.37. The Morgan fingerprint density at radius 1 is 1.26 bits per heavy atom. The second-order valence-electron chi connectivity index (χ2n) is 6.28. The molecule has 0 aliphatic heterocycles. The van der Waals surface area contributed by atoms with Crippen molar-refractivity contribution in [2.45, 2.75) is 70.3 Å². The van der Waals surface area contributed by atoms with Crippen LogP contribution < -0.4 is 5.32 Å². The summed E-state index contributed by atoms with van der Waals surface area (Å²) in [7, 11) is 2.14. The van der Waals surface area contributed by atoms with Crippen molar-refractivity contribution in [2.75, 3.05) is 7.05 Å². The van der Waals surface area contributed by atoms with E-state index >= 15 is 0 Å². The SMILES string of the molecule is CCC1CCCC(NC)(c2nc3c(s2)CCC3)CC1. The van der Waals surface area contributed by atoms with Crippen LogP contribution in [0.1, 0.15) is 67.4 Å². The van der Waals surface area contributed by atoms with Crippen LogP contribution in [-0.4, -0.2) is 12.0 Å². The zero-order valence-corrected chi connectivity index (χ0v) is 13.1. The van der Waals surface area contributed by atoms with Crippen molar-refractivity contribution in [3.05, 3.63) is 15.6 Å². The quantitative estimate of drug-likeness (QED) is 0.844. The Morgan fingerprint density at radius 3 is 2.89 bits per heavy atom. The molecule has 1 N–H and O–H groups in total. The fourth-order valence-electron chi connectivity index (χ4n) is 3.79. The van der Waals surface area contributed by atoms with E-state index in [1.54, 1.807) is 4.88 Å². The van der Waals surface area contributed by atoms with Gasteiger partial charge in [-0.15, -0.1) is 11.3 Å². The number of thiazole rings is 1. The Bertz CT molecular complexity index is 418. The van der Waals surface area contributed by atoms with E-state index in [-0.39, 0.29) is 5.54 Å². The maximum absolute atomic E-state index is 5.01. The Morgan fingerprint density at radius 2 is 2.16 bits per heavy atom. The van der Waals surface area contributed by atoms with E-state index in [1.807, 2.05) is 11.3 Å². The second-order valence-corrected chi connectivity index (χ2v) is 7.36.